The van der Waals surface area contributed by atoms with Crippen LogP contribution in [0.1, 0.15) is 188 Å². The Morgan fingerprint density at radius 1 is 0.571 bits per heavy atom. The summed E-state index contributed by atoms with van der Waals surface area (Å²) in [5.41, 5.74) is 0. The number of aliphatic hydroxyl groups excluding tert-OH is 2. The van der Waals surface area contributed by atoms with Crippen LogP contribution in [0.3, 0.4) is 0 Å². The minimum Gasteiger partial charge on any atom is -0.462 e. The molecule has 0 rings (SSSR count). The molecule has 0 aliphatic rings. The standard InChI is InChI=1S/C45H81O10P/c1-4-5-25-32-41(46)33-27-22-18-16-19-23-28-34-42(47)35-30-37-44(48)53-38-43(39-54-56(50,51)52)55-45(49)36-29-24-20-15-13-11-9-7-6-8-10-12-14-17-21-26-31-40(2)3/h18-19,22-23,27-28,33-34,40-43,46-47H,4-17,20-21,24-26,29-32,35-39H2,1-3H3,(H2,50,51,52)/b22-18-,23-19-,33-27+,34-28+/t41-,42-,43+/m0/s1. The van der Waals surface area contributed by atoms with Gasteiger partial charge in [-0.3, -0.25) is 14.1 Å². The van der Waals surface area contributed by atoms with Gasteiger partial charge in [0.2, 0.25) is 0 Å². The fourth-order valence-corrected chi connectivity index (χ4v) is 6.49. The number of carbonyl (C=O) groups is 2. The van der Waals surface area contributed by atoms with Crippen LogP contribution in [0.5, 0.6) is 0 Å². The normalized spacial score (nSPS) is 14.1. The van der Waals surface area contributed by atoms with Gasteiger partial charge in [-0.15, -0.1) is 0 Å². The molecule has 10 nitrogen and oxygen atoms in total. The van der Waals surface area contributed by atoms with E-state index in [2.05, 4.69) is 25.3 Å². The van der Waals surface area contributed by atoms with Crippen LogP contribution < -0.4 is 0 Å². The first-order valence-electron chi connectivity index (χ1n) is 22.0. The third-order valence-electron chi connectivity index (χ3n) is 9.49. The highest BCUT2D eigenvalue weighted by Crippen LogP contribution is 2.36. The summed E-state index contributed by atoms with van der Waals surface area (Å²) in [6.07, 6.45) is 39.1. The third kappa shape index (κ3) is 41.6. The lowest BCUT2D eigenvalue weighted by atomic mass is 10.0. The van der Waals surface area contributed by atoms with E-state index in [4.69, 9.17) is 19.3 Å². The van der Waals surface area contributed by atoms with Crippen LogP contribution >= 0.6 is 7.82 Å². The van der Waals surface area contributed by atoms with Crippen LogP contribution in [0.25, 0.3) is 0 Å². The molecule has 0 aliphatic heterocycles. The topological polar surface area (TPSA) is 160 Å². The summed E-state index contributed by atoms with van der Waals surface area (Å²) in [5, 5.41) is 20.1. The third-order valence-corrected chi connectivity index (χ3v) is 9.97. The van der Waals surface area contributed by atoms with Gasteiger partial charge in [0.1, 0.15) is 6.61 Å². The van der Waals surface area contributed by atoms with Gasteiger partial charge in [-0.25, -0.2) is 4.57 Å². The maximum Gasteiger partial charge on any atom is 0.469 e. The lowest BCUT2D eigenvalue weighted by Gasteiger charge is -2.18. The molecule has 0 heterocycles. The molecular formula is C45H81O10P. The van der Waals surface area contributed by atoms with Gasteiger partial charge in [0.15, 0.2) is 6.10 Å². The Hall–Kier alpha value is -2.07. The number of allylic oxidation sites excluding steroid dienone is 6. The fraction of sp³-hybridized carbons (Fsp3) is 0.778. The Balaban J connectivity index is 4.10. The number of esters is 2. The zero-order chi connectivity index (χ0) is 41.5. The largest absolute Gasteiger partial charge is 0.469 e. The van der Waals surface area contributed by atoms with Crippen molar-refractivity contribution in [1.82, 2.24) is 0 Å². The summed E-state index contributed by atoms with van der Waals surface area (Å²) in [6, 6.07) is 0. The molecule has 11 heteroatoms. The van der Waals surface area contributed by atoms with Crippen molar-refractivity contribution in [3.8, 4) is 0 Å². The molecule has 0 saturated carbocycles. The highest BCUT2D eigenvalue weighted by molar-refractivity contribution is 7.46. The average Bonchev–Trinajstić information content (AvgIpc) is 3.14. The van der Waals surface area contributed by atoms with E-state index >= 15 is 0 Å². The Bertz CT molecular complexity index is 1100. The maximum atomic E-state index is 12.4. The Morgan fingerprint density at radius 3 is 1.50 bits per heavy atom. The minimum atomic E-state index is -4.81. The first-order chi connectivity index (χ1) is 26.9. The SMILES string of the molecule is CCCCC[C@H](O)/C=C/C=C\C/C=C\C=C\[C@H](O)CCCC(=O)OC[C@H](COP(=O)(O)O)OC(=O)CCCCCCCCCCCCCCCCCCC(C)C. The van der Waals surface area contributed by atoms with E-state index in [1.165, 1.54) is 83.5 Å². The molecule has 0 spiro atoms. The van der Waals surface area contributed by atoms with Crippen LogP contribution in [-0.4, -0.2) is 63.5 Å². The molecule has 0 amide bonds. The second-order valence-corrected chi connectivity index (χ2v) is 16.8. The number of rotatable bonds is 39. The fourth-order valence-electron chi connectivity index (χ4n) is 6.13. The number of ether oxygens (including phenoxy) is 2. The first-order valence-corrected chi connectivity index (χ1v) is 23.5. The average molecular weight is 813 g/mol. The summed E-state index contributed by atoms with van der Waals surface area (Å²) >= 11 is 0. The van der Waals surface area contributed by atoms with Crippen LogP contribution in [-0.2, 0) is 28.2 Å². The van der Waals surface area contributed by atoms with Crippen LogP contribution in [0.15, 0.2) is 48.6 Å². The molecular weight excluding hydrogens is 731 g/mol. The Kier molecular flexibility index (Phi) is 37.0. The van der Waals surface area contributed by atoms with E-state index < -0.39 is 44.7 Å². The second-order valence-electron chi connectivity index (χ2n) is 15.6. The molecule has 0 radical (unpaired) electrons. The molecule has 0 unspecified atom stereocenters. The highest BCUT2D eigenvalue weighted by Gasteiger charge is 2.23. The molecule has 0 aliphatic carbocycles. The molecule has 4 N–H and O–H groups in total. The number of phosphoric ester groups is 1. The van der Waals surface area contributed by atoms with Gasteiger partial charge in [0.25, 0.3) is 0 Å². The number of unbranched alkanes of at least 4 members (excludes halogenated alkanes) is 17. The van der Waals surface area contributed by atoms with Crippen LogP contribution in [0, 0.1) is 5.92 Å². The monoisotopic (exact) mass is 813 g/mol. The van der Waals surface area contributed by atoms with Crippen LogP contribution in [0.2, 0.25) is 0 Å². The Labute approximate surface area is 340 Å². The number of hydrogen-bond donors (Lipinski definition) is 4. The van der Waals surface area contributed by atoms with E-state index in [0.717, 1.165) is 50.9 Å². The van der Waals surface area contributed by atoms with E-state index in [0.29, 0.717) is 25.7 Å². The number of carbonyl (C=O) groups excluding carboxylic acids is 2. The van der Waals surface area contributed by atoms with Gasteiger partial charge in [-0.05, 0) is 38.0 Å². The molecule has 0 bridgehead atoms. The maximum absolute atomic E-state index is 12.4. The van der Waals surface area contributed by atoms with Crippen molar-refractivity contribution >= 4 is 19.8 Å². The van der Waals surface area contributed by atoms with Crippen molar-refractivity contribution in [2.75, 3.05) is 13.2 Å². The molecule has 56 heavy (non-hydrogen) atoms. The van der Waals surface area contributed by atoms with Crippen molar-refractivity contribution in [2.24, 2.45) is 5.92 Å². The summed E-state index contributed by atoms with van der Waals surface area (Å²) in [4.78, 5) is 42.9. The lowest BCUT2D eigenvalue weighted by Crippen LogP contribution is -2.29. The summed E-state index contributed by atoms with van der Waals surface area (Å²) in [7, 11) is -4.81. The van der Waals surface area contributed by atoms with E-state index in [9.17, 15) is 24.4 Å². The van der Waals surface area contributed by atoms with Gasteiger partial charge < -0.3 is 29.5 Å². The van der Waals surface area contributed by atoms with Crippen molar-refractivity contribution in [2.45, 2.75) is 206 Å². The highest BCUT2D eigenvalue weighted by atomic mass is 31.2. The van der Waals surface area contributed by atoms with Gasteiger partial charge in [-0.1, -0.05) is 191 Å². The van der Waals surface area contributed by atoms with Crippen LogP contribution in [0.4, 0.5) is 0 Å². The smallest absolute Gasteiger partial charge is 0.462 e. The molecule has 3 atom stereocenters. The molecule has 0 fully saturated rings. The minimum absolute atomic E-state index is 0.0191. The second kappa shape index (κ2) is 38.4. The van der Waals surface area contributed by atoms with Crippen molar-refractivity contribution < 1.29 is 48.2 Å². The lowest BCUT2D eigenvalue weighted by molar-refractivity contribution is -0.161. The van der Waals surface area contributed by atoms with Gasteiger partial charge in [0, 0.05) is 12.8 Å². The van der Waals surface area contributed by atoms with Gasteiger partial charge in [-0.2, -0.15) is 0 Å². The van der Waals surface area contributed by atoms with Gasteiger partial charge >= 0.3 is 19.8 Å². The van der Waals surface area contributed by atoms with Crippen molar-refractivity contribution in [3.05, 3.63) is 48.6 Å². The first kappa shape index (κ1) is 53.9. The predicted octanol–water partition coefficient (Wildman–Crippen LogP) is 11.3. The molecule has 0 aromatic carbocycles. The molecule has 326 valence electrons. The van der Waals surface area contributed by atoms with E-state index in [1.807, 2.05) is 30.4 Å². The Morgan fingerprint density at radius 2 is 1.02 bits per heavy atom. The number of phosphoric acid groups is 1. The summed E-state index contributed by atoms with van der Waals surface area (Å²) < 4.78 is 26.3. The zero-order valence-electron chi connectivity index (χ0n) is 35.4. The summed E-state index contributed by atoms with van der Waals surface area (Å²) in [6.45, 7) is 5.75. The summed E-state index contributed by atoms with van der Waals surface area (Å²) in [5.74, 6) is -0.279. The number of hydrogen-bond acceptors (Lipinski definition) is 8. The zero-order valence-corrected chi connectivity index (χ0v) is 36.3. The van der Waals surface area contributed by atoms with E-state index in [1.54, 1.807) is 18.2 Å². The number of aliphatic hydroxyl groups is 2. The quantitative estimate of drug-likeness (QED) is 0.0204. The van der Waals surface area contributed by atoms with Gasteiger partial charge in [0.05, 0.1) is 18.8 Å². The van der Waals surface area contributed by atoms with E-state index in [-0.39, 0.29) is 19.4 Å². The molecule has 0 aromatic rings. The molecule has 0 aromatic heterocycles. The predicted molar refractivity (Wildman–Crippen MR) is 228 cm³/mol. The van der Waals surface area contributed by atoms with Crippen molar-refractivity contribution in [3.63, 3.8) is 0 Å². The van der Waals surface area contributed by atoms with Crippen molar-refractivity contribution in [1.29, 1.82) is 0 Å². The molecule has 0 saturated heterocycles.